The minimum atomic E-state index is -4.51. The van der Waals surface area contributed by atoms with Gasteiger partial charge in [-0.15, -0.1) is 0 Å². The van der Waals surface area contributed by atoms with Crippen molar-refractivity contribution in [1.29, 1.82) is 0 Å². The molecule has 1 atom stereocenters. The summed E-state index contributed by atoms with van der Waals surface area (Å²) in [6.45, 7) is 1.64. The first-order valence-corrected chi connectivity index (χ1v) is 9.57. The predicted octanol–water partition coefficient (Wildman–Crippen LogP) is 1.77. The van der Waals surface area contributed by atoms with E-state index in [0.717, 1.165) is 12.1 Å². The van der Waals surface area contributed by atoms with Crippen molar-refractivity contribution in [2.75, 3.05) is 23.5 Å². The van der Waals surface area contributed by atoms with E-state index in [0.29, 0.717) is 0 Å². The molecule has 2 rings (SSSR count). The molecule has 7 nitrogen and oxygen atoms in total. The number of benzene rings is 1. The number of rotatable bonds is 4. The molecule has 0 radical (unpaired) electrons. The van der Waals surface area contributed by atoms with Crippen molar-refractivity contribution in [1.82, 2.24) is 5.43 Å². The standard InChI is InChI=1S/C15H18F3N3O4S/c1-2-25-14(22)13(19-12-6-7-26(23,24)9-12)21-20-11-5-3-4-10(8-11)15(16,17)18/h3-5,8,12,20H,2,6-7,9H2,1H3,(H,19,21)/t12-/m0/s1. The summed E-state index contributed by atoms with van der Waals surface area (Å²) < 4.78 is 66.0. The van der Waals surface area contributed by atoms with Crippen molar-refractivity contribution in [3.63, 3.8) is 0 Å². The molecule has 1 saturated heterocycles. The maximum atomic E-state index is 12.7. The number of amidine groups is 1. The van der Waals surface area contributed by atoms with Gasteiger partial charge in [-0.1, -0.05) is 6.07 Å². The van der Waals surface area contributed by atoms with Crippen LogP contribution in [0.25, 0.3) is 0 Å². The number of hydrazine groups is 1. The van der Waals surface area contributed by atoms with Crippen molar-refractivity contribution >= 4 is 27.3 Å². The van der Waals surface area contributed by atoms with Crippen molar-refractivity contribution < 1.29 is 31.1 Å². The van der Waals surface area contributed by atoms with Crippen molar-refractivity contribution in [3.8, 4) is 0 Å². The van der Waals surface area contributed by atoms with Crippen molar-refractivity contribution in [2.45, 2.75) is 25.6 Å². The third-order valence-electron chi connectivity index (χ3n) is 3.50. The molecule has 0 aromatic heterocycles. The summed E-state index contributed by atoms with van der Waals surface area (Å²) in [5, 5.41) is 0. The zero-order valence-corrected chi connectivity index (χ0v) is 14.7. The Kier molecular flexibility index (Phi) is 6.11. The maximum Gasteiger partial charge on any atom is 0.416 e. The van der Waals surface area contributed by atoms with E-state index in [4.69, 9.17) is 4.74 Å². The first-order valence-electron chi connectivity index (χ1n) is 7.75. The molecule has 1 aromatic rings. The number of ether oxygens (including phenoxy) is 1. The van der Waals surface area contributed by atoms with Crippen LogP contribution < -0.4 is 10.9 Å². The van der Waals surface area contributed by atoms with Gasteiger partial charge >= 0.3 is 12.1 Å². The molecule has 0 unspecified atom stereocenters. The number of carbonyl (C=O) groups is 1. The van der Waals surface area contributed by atoms with Crippen LogP contribution in [-0.4, -0.2) is 44.4 Å². The lowest BCUT2D eigenvalue weighted by atomic mass is 10.2. The number of sulfone groups is 1. The van der Waals surface area contributed by atoms with Gasteiger partial charge in [-0.3, -0.25) is 15.8 Å². The summed E-state index contributed by atoms with van der Waals surface area (Å²) in [6.07, 6.45) is -4.25. The molecule has 1 heterocycles. The highest BCUT2D eigenvalue weighted by atomic mass is 32.2. The lowest BCUT2D eigenvalue weighted by molar-refractivity contribution is -0.137. The maximum absolute atomic E-state index is 12.7. The molecule has 0 aliphatic carbocycles. The van der Waals surface area contributed by atoms with Crippen LogP contribution in [0.5, 0.6) is 0 Å². The van der Waals surface area contributed by atoms with E-state index in [1.807, 2.05) is 0 Å². The zero-order chi connectivity index (χ0) is 19.4. The van der Waals surface area contributed by atoms with Gasteiger partial charge < -0.3 is 4.74 Å². The van der Waals surface area contributed by atoms with Crippen molar-refractivity contribution in [2.24, 2.45) is 4.99 Å². The van der Waals surface area contributed by atoms with Gasteiger partial charge in [0.15, 0.2) is 9.84 Å². The molecule has 1 aliphatic heterocycles. The van der Waals surface area contributed by atoms with Gasteiger partial charge in [0.1, 0.15) is 0 Å². The molecule has 2 N–H and O–H groups in total. The highest BCUT2D eigenvalue weighted by Gasteiger charge is 2.31. The second-order valence-electron chi connectivity index (χ2n) is 5.58. The molecule has 1 aromatic carbocycles. The van der Waals surface area contributed by atoms with Crippen LogP contribution in [0.2, 0.25) is 0 Å². The number of nitrogens with one attached hydrogen (secondary N) is 2. The number of carbonyl (C=O) groups excluding carboxylic acids is 1. The Bertz CT molecular complexity index is 794. The summed E-state index contributed by atoms with van der Waals surface area (Å²) in [7, 11) is -3.20. The SMILES string of the molecule is CCOC(=O)C(=N[C@H]1CCS(=O)(=O)C1)NNc1cccc(C(F)(F)F)c1. The van der Waals surface area contributed by atoms with Crippen LogP contribution in [-0.2, 0) is 25.5 Å². The smallest absolute Gasteiger partial charge is 0.416 e. The number of alkyl halides is 3. The lowest BCUT2D eigenvalue weighted by Crippen LogP contribution is -2.38. The molecule has 0 amide bonds. The number of hydrogen-bond acceptors (Lipinski definition) is 6. The van der Waals surface area contributed by atoms with Gasteiger partial charge in [0.05, 0.1) is 35.4 Å². The topological polar surface area (TPSA) is 96.9 Å². The molecule has 26 heavy (non-hydrogen) atoms. The Morgan fingerprint density at radius 3 is 2.69 bits per heavy atom. The van der Waals surface area contributed by atoms with E-state index >= 15 is 0 Å². The minimum absolute atomic E-state index is 0.0294. The van der Waals surface area contributed by atoms with Crippen LogP contribution in [0.1, 0.15) is 18.9 Å². The summed E-state index contributed by atoms with van der Waals surface area (Å²) in [6, 6.07) is 3.73. The van der Waals surface area contributed by atoms with E-state index in [-0.39, 0.29) is 36.1 Å². The highest BCUT2D eigenvalue weighted by molar-refractivity contribution is 7.91. The number of nitrogens with zero attached hydrogens (tertiary/aromatic N) is 1. The molecule has 0 spiro atoms. The Labute approximate surface area is 148 Å². The second kappa shape index (κ2) is 7.94. The largest absolute Gasteiger partial charge is 0.460 e. The fraction of sp³-hybridized carbons (Fsp3) is 0.467. The second-order valence-corrected chi connectivity index (χ2v) is 7.81. The monoisotopic (exact) mass is 393 g/mol. The van der Waals surface area contributed by atoms with Crippen LogP contribution in [0.15, 0.2) is 29.3 Å². The summed E-state index contributed by atoms with van der Waals surface area (Å²) >= 11 is 0. The number of anilines is 1. The van der Waals surface area contributed by atoms with Gasteiger partial charge in [0.25, 0.3) is 0 Å². The van der Waals surface area contributed by atoms with Gasteiger partial charge in [-0.2, -0.15) is 13.2 Å². The number of hydrogen-bond donors (Lipinski definition) is 2. The molecular weight excluding hydrogens is 375 g/mol. The average Bonchev–Trinajstić information content (AvgIpc) is 2.90. The molecular formula is C15H18F3N3O4S. The number of halogens is 3. The summed E-state index contributed by atoms with van der Waals surface area (Å²) in [5.41, 5.74) is 4.07. The summed E-state index contributed by atoms with van der Waals surface area (Å²) in [5.74, 6) is -1.36. The lowest BCUT2D eigenvalue weighted by Gasteiger charge is -2.14. The molecule has 1 aliphatic rings. The van der Waals surface area contributed by atoms with Crippen molar-refractivity contribution in [3.05, 3.63) is 29.8 Å². The number of esters is 1. The third-order valence-corrected chi connectivity index (χ3v) is 5.25. The highest BCUT2D eigenvalue weighted by Crippen LogP contribution is 2.30. The van der Waals surface area contributed by atoms with E-state index in [1.165, 1.54) is 12.1 Å². The minimum Gasteiger partial charge on any atom is -0.460 e. The first-order chi connectivity index (χ1) is 12.1. The Morgan fingerprint density at radius 1 is 1.38 bits per heavy atom. The van der Waals surface area contributed by atoms with Crippen LogP contribution in [0.4, 0.5) is 18.9 Å². The van der Waals surface area contributed by atoms with E-state index < -0.39 is 33.6 Å². The molecule has 144 valence electrons. The molecule has 0 saturated carbocycles. The quantitative estimate of drug-likeness (QED) is 0.350. The van der Waals surface area contributed by atoms with Crippen LogP contribution in [0.3, 0.4) is 0 Å². The van der Waals surface area contributed by atoms with Crippen LogP contribution in [0, 0.1) is 0 Å². The molecule has 0 bridgehead atoms. The Morgan fingerprint density at radius 2 is 2.12 bits per heavy atom. The summed E-state index contributed by atoms with van der Waals surface area (Å²) in [4.78, 5) is 16.0. The Balaban J connectivity index is 2.14. The first kappa shape index (κ1) is 20.0. The van der Waals surface area contributed by atoms with Gasteiger partial charge in [-0.05, 0) is 31.5 Å². The van der Waals surface area contributed by atoms with Crippen LogP contribution >= 0.6 is 0 Å². The fourth-order valence-electron chi connectivity index (χ4n) is 2.30. The molecule has 11 heteroatoms. The zero-order valence-electron chi connectivity index (χ0n) is 13.8. The predicted molar refractivity (Wildman–Crippen MR) is 89.3 cm³/mol. The van der Waals surface area contributed by atoms with Gasteiger partial charge in [-0.25, -0.2) is 13.2 Å². The van der Waals surface area contributed by atoms with Gasteiger partial charge in [0, 0.05) is 0 Å². The third kappa shape index (κ3) is 5.61. The Hall–Kier alpha value is -2.30. The average molecular weight is 393 g/mol. The molecule has 1 fully saturated rings. The van der Waals surface area contributed by atoms with E-state index in [1.54, 1.807) is 6.92 Å². The normalized spacial score (nSPS) is 19.8. The number of aliphatic imine (C=N–C) groups is 1. The van der Waals surface area contributed by atoms with Gasteiger partial charge in [0.2, 0.25) is 5.84 Å². The fourth-order valence-corrected chi connectivity index (χ4v) is 3.93. The van der Waals surface area contributed by atoms with E-state index in [2.05, 4.69) is 15.8 Å². The van der Waals surface area contributed by atoms with E-state index in [9.17, 15) is 26.4 Å².